The molecule has 0 aliphatic carbocycles. The summed E-state index contributed by atoms with van der Waals surface area (Å²) in [6.45, 7) is 2.78. The lowest BCUT2D eigenvalue weighted by Crippen LogP contribution is -2.43. The molecule has 13 heavy (non-hydrogen) atoms. The van der Waals surface area contributed by atoms with Crippen LogP contribution in [0.15, 0.2) is 18.2 Å². The fourth-order valence-electron chi connectivity index (χ4n) is 1.38. The number of hydrogen-bond acceptors (Lipinski definition) is 2. The predicted octanol–water partition coefficient (Wildman–Crippen LogP) is 1.31. The lowest BCUT2D eigenvalue weighted by molar-refractivity contribution is -0.122. The van der Waals surface area contributed by atoms with Crippen LogP contribution < -0.4 is 10.6 Å². The SMILES string of the molecule is Cc1ccc(N2CCC2=O)cc1N. The normalized spacial score (nSPS) is 15.8. The van der Waals surface area contributed by atoms with Gasteiger partial charge >= 0.3 is 0 Å². The van der Waals surface area contributed by atoms with E-state index in [9.17, 15) is 4.79 Å². The van der Waals surface area contributed by atoms with E-state index >= 15 is 0 Å². The zero-order chi connectivity index (χ0) is 9.42. The van der Waals surface area contributed by atoms with Crippen molar-refractivity contribution >= 4 is 17.3 Å². The van der Waals surface area contributed by atoms with E-state index < -0.39 is 0 Å². The van der Waals surface area contributed by atoms with E-state index in [4.69, 9.17) is 5.73 Å². The summed E-state index contributed by atoms with van der Waals surface area (Å²) in [7, 11) is 0. The smallest absolute Gasteiger partial charge is 0.228 e. The largest absolute Gasteiger partial charge is 0.398 e. The summed E-state index contributed by atoms with van der Waals surface area (Å²) in [5.74, 6) is 0.184. The van der Waals surface area contributed by atoms with Crippen molar-refractivity contribution in [1.82, 2.24) is 0 Å². The van der Waals surface area contributed by atoms with Crippen molar-refractivity contribution in [1.29, 1.82) is 0 Å². The summed E-state index contributed by atoms with van der Waals surface area (Å²) in [5.41, 5.74) is 8.46. The van der Waals surface area contributed by atoms with Gasteiger partial charge in [-0.25, -0.2) is 0 Å². The first kappa shape index (κ1) is 8.10. The molecule has 3 heteroatoms. The molecule has 68 valence electrons. The maximum atomic E-state index is 11.1. The third kappa shape index (κ3) is 1.26. The maximum absolute atomic E-state index is 11.1. The van der Waals surface area contributed by atoms with E-state index in [1.807, 2.05) is 25.1 Å². The second kappa shape index (κ2) is 2.76. The molecule has 2 N–H and O–H groups in total. The highest BCUT2D eigenvalue weighted by Gasteiger charge is 2.25. The number of aryl methyl sites for hydroxylation is 1. The molecule has 0 radical (unpaired) electrons. The number of amides is 1. The Hall–Kier alpha value is -1.51. The molecule has 1 aromatic rings. The summed E-state index contributed by atoms with van der Waals surface area (Å²) >= 11 is 0. The molecule has 0 spiro atoms. The highest BCUT2D eigenvalue weighted by atomic mass is 16.2. The third-order valence-electron chi connectivity index (χ3n) is 2.42. The van der Waals surface area contributed by atoms with Crippen LogP contribution in [0.4, 0.5) is 11.4 Å². The third-order valence-corrected chi connectivity index (χ3v) is 2.42. The first-order valence-electron chi connectivity index (χ1n) is 4.35. The summed E-state index contributed by atoms with van der Waals surface area (Å²) < 4.78 is 0. The first-order valence-corrected chi connectivity index (χ1v) is 4.35. The number of carbonyl (C=O) groups is 1. The van der Waals surface area contributed by atoms with Crippen molar-refractivity contribution in [3.63, 3.8) is 0 Å². The van der Waals surface area contributed by atoms with Crippen LogP contribution in [0.3, 0.4) is 0 Å². The minimum atomic E-state index is 0.184. The van der Waals surface area contributed by atoms with E-state index in [-0.39, 0.29) is 5.91 Å². The van der Waals surface area contributed by atoms with E-state index in [0.29, 0.717) is 6.42 Å². The fraction of sp³-hybridized carbons (Fsp3) is 0.300. The molecule has 1 aliphatic rings. The molecule has 0 aromatic heterocycles. The van der Waals surface area contributed by atoms with Gasteiger partial charge in [-0.1, -0.05) is 6.07 Å². The average Bonchev–Trinajstić information content (AvgIpc) is 2.09. The van der Waals surface area contributed by atoms with Crippen molar-refractivity contribution < 1.29 is 4.79 Å². The lowest BCUT2D eigenvalue weighted by atomic mass is 10.1. The molecule has 3 nitrogen and oxygen atoms in total. The number of carbonyl (C=O) groups excluding carboxylic acids is 1. The van der Waals surface area contributed by atoms with Gasteiger partial charge in [0.2, 0.25) is 5.91 Å². The summed E-state index contributed by atoms with van der Waals surface area (Å²) in [4.78, 5) is 12.9. The topological polar surface area (TPSA) is 46.3 Å². The van der Waals surface area contributed by atoms with Gasteiger partial charge in [-0.05, 0) is 24.6 Å². The molecule has 0 atom stereocenters. The van der Waals surface area contributed by atoms with Crippen LogP contribution in [0.2, 0.25) is 0 Å². The van der Waals surface area contributed by atoms with Gasteiger partial charge in [-0.3, -0.25) is 4.79 Å². The molecule has 0 unspecified atom stereocenters. The molecule has 1 fully saturated rings. The van der Waals surface area contributed by atoms with Crippen molar-refractivity contribution in [3.8, 4) is 0 Å². The Morgan fingerprint density at radius 2 is 2.23 bits per heavy atom. The van der Waals surface area contributed by atoms with Gasteiger partial charge in [-0.2, -0.15) is 0 Å². The molecular formula is C10H12N2O. The van der Waals surface area contributed by atoms with Gasteiger partial charge in [-0.15, -0.1) is 0 Å². The van der Waals surface area contributed by atoms with Crippen LogP contribution in [-0.4, -0.2) is 12.5 Å². The standard InChI is InChI=1S/C10H12N2O/c1-7-2-3-8(6-9(7)11)12-5-4-10(12)13/h2-3,6H,4-5,11H2,1H3. The lowest BCUT2D eigenvalue weighted by Gasteiger charge is -2.30. The molecule has 2 rings (SSSR count). The predicted molar refractivity (Wildman–Crippen MR) is 52.6 cm³/mol. The Bertz CT molecular complexity index is 360. The molecule has 1 amide bonds. The number of anilines is 2. The molecule has 0 bridgehead atoms. The number of β-lactam (4-membered cyclic amide) rings is 1. The molecule has 1 heterocycles. The van der Waals surface area contributed by atoms with Gasteiger partial charge in [0, 0.05) is 24.3 Å². The minimum Gasteiger partial charge on any atom is -0.398 e. The summed E-state index contributed by atoms with van der Waals surface area (Å²) in [5, 5.41) is 0. The van der Waals surface area contributed by atoms with Crippen molar-refractivity contribution in [2.45, 2.75) is 13.3 Å². The summed E-state index contributed by atoms with van der Waals surface area (Å²) in [6, 6.07) is 5.73. The van der Waals surface area contributed by atoms with Gasteiger partial charge in [0.15, 0.2) is 0 Å². The number of nitrogens with zero attached hydrogens (tertiary/aromatic N) is 1. The van der Waals surface area contributed by atoms with Gasteiger partial charge < -0.3 is 10.6 Å². The average molecular weight is 176 g/mol. The minimum absolute atomic E-state index is 0.184. The Balaban J connectivity index is 2.31. The number of nitrogen functional groups attached to an aromatic ring is 1. The summed E-state index contributed by atoms with van der Waals surface area (Å²) in [6.07, 6.45) is 0.660. The molecule has 1 aliphatic heterocycles. The molecular weight excluding hydrogens is 164 g/mol. The van der Waals surface area contributed by atoms with Crippen LogP contribution in [0.25, 0.3) is 0 Å². The zero-order valence-electron chi connectivity index (χ0n) is 7.58. The first-order chi connectivity index (χ1) is 6.18. The van der Waals surface area contributed by atoms with Crippen molar-refractivity contribution in [2.75, 3.05) is 17.2 Å². The Labute approximate surface area is 77.1 Å². The fourth-order valence-corrected chi connectivity index (χ4v) is 1.38. The molecule has 0 saturated carbocycles. The van der Waals surface area contributed by atoms with Crippen LogP contribution >= 0.6 is 0 Å². The quantitative estimate of drug-likeness (QED) is 0.518. The zero-order valence-corrected chi connectivity index (χ0v) is 7.58. The van der Waals surface area contributed by atoms with Crippen molar-refractivity contribution in [3.05, 3.63) is 23.8 Å². The van der Waals surface area contributed by atoms with Crippen LogP contribution in [-0.2, 0) is 4.79 Å². The van der Waals surface area contributed by atoms with Crippen LogP contribution in [0.1, 0.15) is 12.0 Å². The second-order valence-corrected chi connectivity index (χ2v) is 3.34. The molecule has 1 aromatic carbocycles. The van der Waals surface area contributed by atoms with E-state index in [1.54, 1.807) is 4.90 Å². The number of rotatable bonds is 1. The number of benzene rings is 1. The van der Waals surface area contributed by atoms with E-state index in [1.165, 1.54) is 0 Å². The molecule has 1 saturated heterocycles. The highest BCUT2D eigenvalue weighted by molar-refractivity contribution is 5.99. The second-order valence-electron chi connectivity index (χ2n) is 3.34. The Morgan fingerprint density at radius 3 is 2.69 bits per heavy atom. The van der Waals surface area contributed by atoms with Gasteiger partial charge in [0.1, 0.15) is 0 Å². The van der Waals surface area contributed by atoms with E-state index in [2.05, 4.69) is 0 Å². The van der Waals surface area contributed by atoms with Gasteiger partial charge in [0.05, 0.1) is 0 Å². The van der Waals surface area contributed by atoms with E-state index in [0.717, 1.165) is 23.5 Å². The monoisotopic (exact) mass is 176 g/mol. The van der Waals surface area contributed by atoms with Crippen LogP contribution in [0, 0.1) is 6.92 Å². The van der Waals surface area contributed by atoms with Crippen molar-refractivity contribution in [2.24, 2.45) is 0 Å². The Kier molecular flexibility index (Phi) is 1.72. The van der Waals surface area contributed by atoms with Gasteiger partial charge in [0.25, 0.3) is 0 Å². The highest BCUT2D eigenvalue weighted by Crippen LogP contribution is 2.25. The number of nitrogens with two attached hydrogens (primary N) is 1. The number of hydrogen-bond donors (Lipinski definition) is 1. The maximum Gasteiger partial charge on any atom is 0.228 e. The van der Waals surface area contributed by atoms with Crippen LogP contribution in [0.5, 0.6) is 0 Å². The Morgan fingerprint density at radius 1 is 1.46 bits per heavy atom.